The summed E-state index contributed by atoms with van der Waals surface area (Å²) in [6.07, 6.45) is 6.58. The molecule has 0 aliphatic carbocycles. The number of nitrogens with zero attached hydrogens (tertiary/aromatic N) is 1. The Morgan fingerprint density at radius 1 is 1.40 bits per heavy atom. The van der Waals surface area contributed by atoms with Crippen LogP contribution in [-0.2, 0) is 9.47 Å². The average molecular weight is 299 g/mol. The number of thioether (sulfide) groups is 1. The van der Waals surface area contributed by atoms with Gasteiger partial charge in [-0.3, -0.25) is 4.99 Å². The molecule has 0 radical (unpaired) electrons. The molecule has 4 heteroatoms. The third-order valence-electron chi connectivity index (χ3n) is 4.38. The molecule has 4 atom stereocenters. The highest BCUT2D eigenvalue weighted by Gasteiger charge is 2.45. The van der Waals surface area contributed by atoms with Gasteiger partial charge in [0.1, 0.15) is 0 Å². The molecular formula is C16H29NO2S. The first kappa shape index (κ1) is 16.3. The molecule has 2 bridgehead atoms. The molecule has 0 saturated carbocycles. The number of aliphatic imine (C=N–C) groups is 1. The minimum atomic E-state index is -0.233. The summed E-state index contributed by atoms with van der Waals surface area (Å²) in [5, 5.41) is 1.37. The minimum Gasteiger partial charge on any atom is -0.344 e. The van der Waals surface area contributed by atoms with E-state index in [1.165, 1.54) is 30.1 Å². The van der Waals surface area contributed by atoms with Crippen LogP contribution in [-0.4, -0.2) is 35.3 Å². The molecule has 0 spiro atoms. The maximum absolute atomic E-state index is 5.80. The number of hydrogen-bond donors (Lipinski definition) is 0. The van der Waals surface area contributed by atoms with E-state index < -0.39 is 0 Å². The summed E-state index contributed by atoms with van der Waals surface area (Å²) in [6.45, 7) is 9.74. The molecule has 3 nitrogen and oxygen atoms in total. The Kier molecular flexibility index (Phi) is 5.94. The van der Waals surface area contributed by atoms with Gasteiger partial charge >= 0.3 is 0 Å². The van der Waals surface area contributed by atoms with Crippen molar-refractivity contribution in [1.82, 2.24) is 0 Å². The monoisotopic (exact) mass is 299 g/mol. The molecule has 1 unspecified atom stereocenters. The van der Waals surface area contributed by atoms with Crippen LogP contribution in [0.15, 0.2) is 4.99 Å². The van der Waals surface area contributed by atoms with Gasteiger partial charge < -0.3 is 9.47 Å². The Hall–Kier alpha value is -0.0600. The molecule has 0 aromatic rings. The summed E-state index contributed by atoms with van der Waals surface area (Å²) in [7, 11) is 0. The Morgan fingerprint density at radius 3 is 2.75 bits per heavy atom. The number of ether oxygens (including phenoxy) is 2. The van der Waals surface area contributed by atoms with Gasteiger partial charge in [-0.1, -0.05) is 20.8 Å². The highest BCUT2D eigenvalue weighted by atomic mass is 32.2. The molecule has 20 heavy (non-hydrogen) atoms. The molecule has 2 saturated heterocycles. The maximum Gasteiger partial charge on any atom is 0.166 e. The van der Waals surface area contributed by atoms with Crippen LogP contribution in [0.5, 0.6) is 0 Å². The largest absolute Gasteiger partial charge is 0.344 e. The summed E-state index contributed by atoms with van der Waals surface area (Å²) in [5.41, 5.74) is 0. The predicted octanol–water partition coefficient (Wildman–Crippen LogP) is 4.26. The van der Waals surface area contributed by atoms with Crippen molar-refractivity contribution < 1.29 is 9.47 Å². The smallest absolute Gasteiger partial charge is 0.166 e. The Bertz CT molecular complexity index is 347. The van der Waals surface area contributed by atoms with Gasteiger partial charge in [-0.15, -0.1) is 11.8 Å². The second-order valence-electron chi connectivity index (χ2n) is 6.12. The lowest BCUT2D eigenvalue weighted by Crippen LogP contribution is -2.30. The molecule has 3 heterocycles. The van der Waals surface area contributed by atoms with Crippen LogP contribution < -0.4 is 0 Å². The van der Waals surface area contributed by atoms with Gasteiger partial charge in [0, 0.05) is 24.6 Å². The average Bonchev–Trinajstić information content (AvgIpc) is 3.05. The second kappa shape index (κ2) is 7.28. The Morgan fingerprint density at radius 2 is 2.20 bits per heavy atom. The molecule has 0 aromatic carbocycles. The fraction of sp³-hybridized carbons (Fsp3) is 0.938. The van der Waals surface area contributed by atoms with Gasteiger partial charge in [0.15, 0.2) is 5.79 Å². The van der Waals surface area contributed by atoms with Gasteiger partial charge in [0.2, 0.25) is 0 Å². The first-order valence-corrected chi connectivity index (χ1v) is 9.09. The molecule has 2 fully saturated rings. The molecule has 3 aliphatic rings. The zero-order valence-electron chi connectivity index (χ0n) is 13.4. The highest BCUT2D eigenvalue weighted by Crippen LogP contribution is 2.40. The van der Waals surface area contributed by atoms with Crippen molar-refractivity contribution >= 4 is 16.8 Å². The SMILES string of the molecule is CCC(C)C1=NCCS1.CC[C@H]1O[C@]2(C)CCC[C@H]1O2. The van der Waals surface area contributed by atoms with E-state index in [-0.39, 0.29) is 5.79 Å². The van der Waals surface area contributed by atoms with E-state index >= 15 is 0 Å². The third-order valence-corrected chi connectivity index (χ3v) is 5.59. The third kappa shape index (κ3) is 3.99. The van der Waals surface area contributed by atoms with Gasteiger partial charge in [0.25, 0.3) is 0 Å². The predicted molar refractivity (Wildman–Crippen MR) is 86.5 cm³/mol. The summed E-state index contributed by atoms with van der Waals surface area (Å²) in [6, 6.07) is 0. The fourth-order valence-electron chi connectivity index (χ4n) is 2.98. The molecule has 0 aromatic heterocycles. The first-order valence-electron chi connectivity index (χ1n) is 8.10. The van der Waals surface area contributed by atoms with E-state index in [1.54, 1.807) is 0 Å². The lowest BCUT2D eigenvalue weighted by atomic mass is 10.0. The van der Waals surface area contributed by atoms with Crippen LogP contribution in [0.3, 0.4) is 0 Å². The van der Waals surface area contributed by atoms with E-state index in [9.17, 15) is 0 Å². The van der Waals surface area contributed by atoms with Crippen LogP contribution in [0, 0.1) is 5.92 Å². The standard InChI is InChI=1S/C9H16O2.C7H13NS/c1-3-7-8-5-4-6-9(2,10-7)11-8;1-3-6(2)7-8-4-5-9-7/h7-8H,3-6H2,1-2H3;6H,3-5H2,1-2H3/t7-,8-,9+;/m1./s1. The van der Waals surface area contributed by atoms with Crippen molar-refractivity contribution in [2.75, 3.05) is 12.3 Å². The molecule has 116 valence electrons. The van der Waals surface area contributed by atoms with Gasteiger partial charge in [-0.25, -0.2) is 0 Å². The quantitative estimate of drug-likeness (QED) is 0.780. The zero-order chi connectivity index (χ0) is 14.6. The summed E-state index contributed by atoms with van der Waals surface area (Å²) in [4.78, 5) is 4.39. The zero-order valence-corrected chi connectivity index (χ0v) is 14.2. The first-order chi connectivity index (χ1) is 9.58. The van der Waals surface area contributed by atoms with E-state index in [0.29, 0.717) is 18.1 Å². The van der Waals surface area contributed by atoms with Crippen molar-refractivity contribution in [3.05, 3.63) is 0 Å². The molecule has 3 rings (SSSR count). The summed E-state index contributed by atoms with van der Waals surface area (Å²) >= 11 is 1.93. The van der Waals surface area contributed by atoms with Crippen LogP contribution in [0.2, 0.25) is 0 Å². The molecule has 0 N–H and O–H groups in total. The lowest BCUT2D eigenvalue weighted by molar-refractivity contribution is -0.179. The topological polar surface area (TPSA) is 30.8 Å². The number of fused-ring (bicyclic) bond motifs is 2. The van der Waals surface area contributed by atoms with E-state index in [0.717, 1.165) is 19.4 Å². The van der Waals surface area contributed by atoms with Crippen LogP contribution in [0.1, 0.15) is 59.8 Å². The molecule has 0 amide bonds. The minimum absolute atomic E-state index is 0.233. The number of rotatable bonds is 3. The van der Waals surface area contributed by atoms with Crippen molar-refractivity contribution in [2.24, 2.45) is 10.9 Å². The second-order valence-corrected chi connectivity index (χ2v) is 7.24. The summed E-state index contributed by atoms with van der Waals surface area (Å²) < 4.78 is 11.6. The molecular weight excluding hydrogens is 270 g/mol. The number of hydrogen-bond acceptors (Lipinski definition) is 4. The normalized spacial score (nSPS) is 37.1. The van der Waals surface area contributed by atoms with E-state index in [2.05, 4.69) is 32.7 Å². The van der Waals surface area contributed by atoms with E-state index in [1.807, 2.05) is 11.8 Å². The summed E-state index contributed by atoms with van der Waals surface area (Å²) in [5.74, 6) is 1.68. The van der Waals surface area contributed by atoms with Crippen molar-refractivity contribution in [3.8, 4) is 0 Å². The Labute approximate surface area is 127 Å². The van der Waals surface area contributed by atoms with Gasteiger partial charge in [-0.05, 0) is 32.6 Å². The van der Waals surface area contributed by atoms with Gasteiger partial charge in [0.05, 0.1) is 17.3 Å². The van der Waals surface area contributed by atoms with Crippen molar-refractivity contribution in [1.29, 1.82) is 0 Å². The van der Waals surface area contributed by atoms with Crippen LogP contribution >= 0.6 is 11.8 Å². The van der Waals surface area contributed by atoms with Crippen molar-refractivity contribution in [2.45, 2.75) is 77.8 Å². The lowest BCUT2D eigenvalue weighted by Gasteiger charge is -2.26. The molecule has 3 aliphatic heterocycles. The highest BCUT2D eigenvalue weighted by molar-refractivity contribution is 8.14. The maximum atomic E-state index is 5.80. The van der Waals surface area contributed by atoms with Crippen LogP contribution in [0.4, 0.5) is 0 Å². The van der Waals surface area contributed by atoms with E-state index in [4.69, 9.17) is 9.47 Å². The van der Waals surface area contributed by atoms with Crippen LogP contribution in [0.25, 0.3) is 0 Å². The fourth-order valence-corrected chi connectivity index (χ4v) is 4.00. The van der Waals surface area contributed by atoms with Gasteiger partial charge in [-0.2, -0.15) is 0 Å². The Balaban J connectivity index is 0.000000151. The van der Waals surface area contributed by atoms with Crippen molar-refractivity contribution in [3.63, 3.8) is 0 Å².